The third-order valence-electron chi connectivity index (χ3n) is 3.55. The number of halogens is 3. The molecule has 0 bridgehead atoms. The molecule has 2 aromatic carbocycles. The number of fused-ring (bicyclic) bond motifs is 2. The van der Waals surface area contributed by atoms with Gasteiger partial charge in [0, 0.05) is 0 Å². The fraction of sp³-hybridized carbons (Fsp3) is 0.200. The Balaban J connectivity index is 0.000000328. The van der Waals surface area contributed by atoms with Crippen molar-refractivity contribution in [1.82, 2.24) is 0 Å². The Morgan fingerprint density at radius 2 is 1.75 bits per heavy atom. The molecule has 0 saturated heterocycles. The molecule has 20 heavy (non-hydrogen) atoms. The molecule has 0 saturated carbocycles. The summed E-state index contributed by atoms with van der Waals surface area (Å²) in [7, 11) is 15.0. The third kappa shape index (κ3) is 4.14. The van der Waals surface area contributed by atoms with Crippen molar-refractivity contribution < 1.29 is 18.2 Å². The second kappa shape index (κ2) is 8.04. The van der Waals surface area contributed by atoms with Crippen molar-refractivity contribution >= 4 is 43.2 Å². The molecule has 0 radical (unpaired) electrons. The van der Waals surface area contributed by atoms with Gasteiger partial charge in [-0.15, -0.1) is 0 Å². The molecule has 0 nitrogen and oxygen atoms in total. The van der Waals surface area contributed by atoms with Crippen LogP contribution in [0.4, 0.5) is 0 Å². The van der Waals surface area contributed by atoms with Crippen molar-refractivity contribution in [1.29, 1.82) is 0 Å². The Labute approximate surface area is 139 Å². The minimum atomic E-state index is -2.13. The van der Waals surface area contributed by atoms with Gasteiger partial charge in [0.2, 0.25) is 0 Å². The van der Waals surface area contributed by atoms with E-state index in [1.165, 1.54) is 22.1 Å². The molecule has 3 rings (SSSR count). The Morgan fingerprint density at radius 1 is 1.10 bits per heavy atom. The second-order valence-corrected chi connectivity index (χ2v) is 15.9. The number of hydrogen-bond donors (Lipinski definition) is 0. The molecule has 1 aliphatic heterocycles. The van der Waals surface area contributed by atoms with Crippen molar-refractivity contribution in [3.63, 3.8) is 0 Å². The third-order valence-corrected chi connectivity index (χ3v) is 3.55. The van der Waals surface area contributed by atoms with E-state index < -0.39 is 18.2 Å². The monoisotopic (exact) mass is 400 g/mol. The number of hydrogen-bond acceptors (Lipinski definition) is 0. The summed E-state index contributed by atoms with van der Waals surface area (Å²) in [6, 6.07) is 18.6. The molecule has 0 N–H and O–H groups in total. The van der Waals surface area contributed by atoms with Crippen LogP contribution in [0.1, 0.15) is 18.1 Å². The van der Waals surface area contributed by atoms with E-state index in [0.29, 0.717) is 6.71 Å². The molecule has 1 aliphatic rings. The molecule has 2 aromatic rings. The summed E-state index contributed by atoms with van der Waals surface area (Å²) in [5, 5.41) is 0. The van der Waals surface area contributed by atoms with Gasteiger partial charge in [-0.3, -0.25) is 0 Å². The normalized spacial score (nSPS) is 11.9. The SMILES string of the molecule is CCB1c2[c-]cccc2Cc2ccccc21.[Cl][Zr]([Cl])[Cl]. The molecule has 0 spiro atoms. The summed E-state index contributed by atoms with van der Waals surface area (Å²) in [6.45, 7) is 2.80. The van der Waals surface area contributed by atoms with E-state index in [4.69, 9.17) is 25.5 Å². The first kappa shape index (κ1) is 16.6. The van der Waals surface area contributed by atoms with Gasteiger partial charge in [0.05, 0.1) is 0 Å². The van der Waals surface area contributed by atoms with E-state index in [0.717, 1.165) is 12.7 Å². The predicted molar refractivity (Wildman–Crippen MR) is 87.6 cm³/mol. The fourth-order valence-electron chi connectivity index (χ4n) is 2.78. The van der Waals surface area contributed by atoms with Crippen molar-refractivity contribution in [2.75, 3.05) is 0 Å². The zero-order valence-electron chi connectivity index (χ0n) is 11.2. The number of benzene rings is 2. The van der Waals surface area contributed by atoms with E-state index in [9.17, 15) is 0 Å². The van der Waals surface area contributed by atoms with Crippen LogP contribution in [-0.4, -0.2) is 6.71 Å². The topological polar surface area (TPSA) is 0 Å². The molecule has 1 heterocycles. The standard InChI is InChI=1S/C15H14B.3ClH.Zr/c1-2-16-14-9-5-3-7-12(14)11-13-8-4-6-10-15(13)16;;;;/h3-9H,2,11H2,1H3;3*1H;/q-1;;;;+3/p-3. The zero-order valence-corrected chi connectivity index (χ0v) is 15.9. The van der Waals surface area contributed by atoms with E-state index in [-0.39, 0.29) is 0 Å². The van der Waals surface area contributed by atoms with Gasteiger partial charge in [-0.2, -0.15) is 35.3 Å². The van der Waals surface area contributed by atoms with Gasteiger partial charge in [0.1, 0.15) is 0 Å². The molecular formula is C15H14BCl3Zr-. The first-order chi connectivity index (χ1) is 9.63. The van der Waals surface area contributed by atoms with Gasteiger partial charge >= 0.3 is 43.7 Å². The van der Waals surface area contributed by atoms with E-state index >= 15 is 0 Å². The van der Waals surface area contributed by atoms with Crippen LogP contribution in [0.2, 0.25) is 6.32 Å². The van der Waals surface area contributed by atoms with E-state index in [2.05, 4.69) is 49.4 Å². The summed E-state index contributed by atoms with van der Waals surface area (Å²) < 4.78 is 0. The van der Waals surface area contributed by atoms with Crippen molar-refractivity contribution in [3.8, 4) is 0 Å². The van der Waals surface area contributed by atoms with Crippen LogP contribution in [0, 0.1) is 6.07 Å². The quantitative estimate of drug-likeness (QED) is 0.498. The van der Waals surface area contributed by atoms with Crippen LogP contribution in [0.15, 0.2) is 42.5 Å². The van der Waals surface area contributed by atoms with Crippen molar-refractivity contribution in [2.45, 2.75) is 19.7 Å². The average molecular weight is 403 g/mol. The van der Waals surface area contributed by atoms with E-state index in [1.54, 1.807) is 0 Å². The van der Waals surface area contributed by atoms with Crippen LogP contribution < -0.4 is 10.9 Å². The number of rotatable bonds is 1. The maximum absolute atomic E-state index is 5.00. The fourth-order valence-corrected chi connectivity index (χ4v) is 2.78. The first-order valence-electron chi connectivity index (χ1n) is 6.54. The molecule has 0 aromatic heterocycles. The Kier molecular flexibility index (Phi) is 6.68. The zero-order chi connectivity index (χ0) is 14.5. The molecule has 5 heteroatoms. The molecule has 103 valence electrons. The van der Waals surface area contributed by atoms with Crippen LogP contribution in [0.3, 0.4) is 0 Å². The summed E-state index contributed by atoms with van der Waals surface area (Å²) in [5.74, 6) is 0. The summed E-state index contributed by atoms with van der Waals surface area (Å²) >= 11 is -2.13. The van der Waals surface area contributed by atoms with Crippen LogP contribution >= 0.6 is 25.5 Å². The molecule has 0 atom stereocenters. The average Bonchev–Trinajstić information content (AvgIpc) is 2.44. The van der Waals surface area contributed by atoms with Crippen LogP contribution in [-0.2, 0) is 24.6 Å². The first-order valence-corrected chi connectivity index (χ1v) is 16.0. The molecule has 0 unspecified atom stereocenters. The summed E-state index contributed by atoms with van der Waals surface area (Å²) in [4.78, 5) is 0. The van der Waals surface area contributed by atoms with Crippen molar-refractivity contribution in [3.05, 3.63) is 59.7 Å². The van der Waals surface area contributed by atoms with Gasteiger partial charge in [-0.1, -0.05) is 48.5 Å². The van der Waals surface area contributed by atoms with Crippen LogP contribution in [0.5, 0.6) is 0 Å². The van der Waals surface area contributed by atoms with E-state index in [1.807, 2.05) is 6.07 Å². The molecule has 0 fully saturated rings. The summed E-state index contributed by atoms with van der Waals surface area (Å²) in [5.41, 5.74) is 5.85. The van der Waals surface area contributed by atoms with Gasteiger partial charge in [-0.05, 0) is 6.42 Å². The second-order valence-electron chi connectivity index (χ2n) is 4.66. The van der Waals surface area contributed by atoms with Gasteiger partial charge < -0.3 is 0 Å². The predicted octanol–water partition coefficient (Wildman–Crippen LogP) is 4.09. The Hall–Kier alpha value is 0.258. The van der Waals surface area contributed by atoms with Gasteiger partial charge in [-0.25, -0.2) is 0 Å². The van der Waals surface area contributed by atoms with Gasteiger partial charge in [0.15, 0.2) is 6.71 Å². The molecule has 0 amide bonds. The van der Waals surface area contributed by atoms with Crippen molar-refractivity contribution in [2.24, 2.45) is 0 Å². The molecule has 0 aliphatic carbocycles. The minimum absolute atomic E-state index is 0.543. The maximum atomic E-state index is 5.00. The van der Waals surface area contributed by atoms with Crippen LogP contribution in [0.25, 0.3) is 0 Å². The summed E-state index contributed by atoms with van der Waals surface area (Å²) in [6.07, 6.45) is 2.23. The Morgan fingerprint density at radius 3 is 2.45 bits per heavy atom. The molecular weight excluding hydrogens is 389 g/mol. The van der Waals surface area contributed by atoms with Gasteiger partial charge in [0.25, 0.3) is 0 Å². The Bertz CT molecular complexity index is 526.